The number of benzene rings is 1. The maximum Gasteiger partial charge on any atom is 0.321 e. The molecule has 0 spiro atoms. The molecule has 0 aromatic heterocycles. The van der Waals surface area contributed by atoms with E-state index in [1.807, 2.05) is 0 Å². The first-order chi connectivity index (χ1) is 10.1. The van der Waals surface area contributed by atoms with Crippen LogP contribution in [-0.4, -0.2) is 47.3 Å². The largest absolute Gasteiger partial charge is 0.323 e. The third kappa shape index (κ3) is 3.01. The molecule has 0 aliphatic carbocycles. The summed E-state index contributed by atoms with van der Waals surface area (Å²) in [6.45, 7) is 1.40. The van der Waals surface area contributed by atoms with Gasteiger partial charge in [0, 0.05) is 30.3 Å². The SMILES string of the molecule is O=C1NC(=O)c2cc(NC(=O)N3CCSSCC3)ccc21. The monoisotopic (exact) mass is 323 g/mol. The first kappa shape index (κ1) is 14.3. The Morgan fingerprint density at radius 1 is 1.10 bits per heavy atom. The number of imide groups is 1. The summed E-state index contributed by atoms with van der Waals surface area (Å²) in [6.07, 6.45) is 0. The summed E-state index contributed by atoms with van der Waals surface area (Å²) in [6, 6.07) is 4.55. The number of carbonyl (C=O) groups is 3. The van der Waals surface area contributed by atoms with Crippen molar-refractivity contribution in [3.8, 4) is 0 Å². The summed E-state index contributed by atoms with van der Waals surface area (Å²) >= 11 is 0. The first-order valence-electron chi connectivity index (χ1n) is 6.45. The molecule has 0 saturated carbocycles. The molecule has 2 heterocycles. The van der Waals surface area contributed by atoms with Crippen LogP contribution < -0.4 is 10.6 Å². The number of hydrogen-bond donors (Lipinski definition) is 2. The van der Waals surface area contributed by atoms with Crippen LogP contribution in [0.15, 0.2) is 18.2 Å². The van der Waals surface area contributed by atoms with Crippen LogP contribution in [0.1, 0.15) is 20.7 Å². The van der Waals surface area contributed by atoms with Gasteiger partial charge >= 0.3 is 6.03 Å². The predicted octanol–water partition coefficient (Wildman–Crippen LogP) is 1.80. The Balaban J connectivity index is 1.73. The lowest BCUT2D eigenvalue weighted by atomic mass is 10.1. The number of amides is 4. The Bertz CT molecular complexity index is 613. The summed E-state index contributed by atoms with van der Waals surface area (Å²) in [5.74, 6) is 0.987. The lowest BCUT2D eigenvalue weighted by Crippen LogP contribution is -2.37. The number of urea groups is 1. The minimum Gasteiger partial charge on any atom is -0.323 e. The van der Waals surface area contributed by atoms with E-state index in [2.05, 4.69) is 10.6 Å². The molecule has 1 saturated heterocycles. The number of fused-ring (bicyclic) bond motifs is 1. The van der Waals surface area contributed by atoms with Crippen LogP contribution in [0.5, 0.6) is 0 Å². The second-order valence-electron chi connectivity index (χ2n) is 4.60. The second-order valence-corrected chi connectivity index (χ2v) is 7.31. The van der Waals surface area contributed by atoms with Gasteiger partial charge in [-0.2, -0.15) is 0 Å². The van der Waals surface area contributed by atoms with E-state index in [0.29, 0.717) is 29.9 Å². The van der Waals surface area contributed by atoms with Gasteiger partial charge in [-0.3, -0.25) is 14.9 Å². The molecule has 110 valence electrons. The van der Waals surface area contributed by atoms with Crippen molar-refractivity contribution in [2.24, 2.45) is 0 Å². The maximum atomic E-state index is 12.2. The van der Waals surface area contributed by atoms with Crippen molar-refractivity contribution < 1.29 is 14.4 Å². The van der Waals surface area contributed by atoms with E-state index in [9.17, 15) is 14.4 Å². The van der Waals surface area contributed by atoms with E-state index >= 15 is 0 Å². The quantitative estimate of drug-likeness (QED) is 0.608. The van der Waals surface area contributed by atoms with E-state index in [-0.39, 0.29) is 6.03 Å². The van der Waals surface area contributed by atoms with Gasteiger partial charge in [-0.15, -0.1) is 0 Å². The molecule has 0 unspecified atom stereocenters. The number of nitrogens with zero attached hydrogens (tertiary/aromatic N) is 1. The Hall–Kier alpha value is -1.67. The van der Waals surface area contributed by atoms with Crippen LogP contribution in [0.3, 0.4) is 0 Å². The van der Waals surface area contributed by atoms with Crippen molar-refractivity contribution in [3.63, 3.8) is 0 Å². The molecule has 8 heteroatoms. The number of nitrogens with one attached hydrogen (secondary N) is 2. The van der Waals surface area contributed by atoms with Gasteiger partial charge in [-0.05, 0) is 18.2 Å². The molecule has 2 aliphatic rings. The van der Waals surface area contributed by atoms with Crippen molar-refractivity contribution >= 4 is 45.1 Å². The molecule has 21 heavy (non-hydrogen) atoms. The standard InChI is InChI=1S/C13H13N3O3S2/c17-11-9-2-1-8(7-10(9)12(18)15-11)14-13(19)16-3-5-20-21-6-4-16/h1-2,7H,3-6H2,(H,14,19)(H,15,17,18). The van der Waals surface area contributed by atoms with Crippen molar-refractivity contribution in [1.82, 2.24) is 10.2 Å². The minimum atomic E-state index is -0.423. The summed E-state index contributed by atoms with van der Waals surface area (Å²) in [5, 5.41) is 5.01. The lowest BCUT2D eigenvalue weighted by molar-refractivity contribution is 0.0879. The molecule has 4 amide bonds. The highest BCUT2D eigenvalue weighted by atomic mass is 33.1. The topological polar surface area (TPSA) is 78.5 Å². The first-order valence-corrected chi connectivity index (χ1v) is 8.94. The third-order valence-electron chi connectivity index (χ3n) is 3.25. The van der Waals surface area contributed by atoms with Crippen LogP contribution in [0.4, 0.5) is 10.5 Å². The normalized spacial score (nSPS) is 18.0. The van der Waals surface area contributed by atoms with Crippen LogP contribution in [0, 0.1) is 0 Å². The Morgan fingerprint density at radius 3 is 2.48 bits per heavy atom. The Morgan fingerprint density at radius 2 is 1.76 bits per heavy atom. The molecular formula is C13H13N3O3S2. The van der Waals surface area contributed by atoms with Crippen molar-refractivity contribution in [2.45, 2.75) is 0 Å². The molecule has 0 radical (unpaired) electrons. The summed E-state index contributed by atoms with van der Waals surface area (Å²) in [7, 11) is 3.53. The van der Waals surface area contributed by atoms with Gasteiger partial charge in [-0.1, -0.05) is 21.6 Å². The van der Waals surface area contributed by atoms with Crippen molar-refractivity contribution in [1.29, 1.82) is 0 Å². The average Bonchev–Trinajstić information content (AvgIpc) is 2.68. The Kier molecular flexibility index (Phi) is 4.07. The second kappa shape index (κ2) is 5.98. The molecule has 1 fully saturated rings. The van der Waals surface area contributed by atoms with Gasteiger partial charge in [0.1, 0.15) is 0 Å². The molecule has 6 nitrogen and oxygen atoms in total. The molecule has 1 aromatic rings. The number of anilines is 1. The van der Waals surface area contributed by atoms with Gasteiger partial charge in [0.25, 0.3) is 11.8 Å². The maximum absolute atomic E-state index is 12.2. The van der Waals surface area contributed by atoms with E-state index in [4.69, 9.17) is 0 Å². The average molecular weight is 323 g/mol. The van der Waals surface area contributed by atoms with Crippen LogP contribution in [-0.2, 0) is 0 Å². The van der Waals surface area contributed by atoms with Gasteiger partial charge in [-0.25, -0.2) is 4.79 Å². The molecular weight excluding hydrogens is 310 g/mol. The zero-order valence-electron chi connectivity index (χ0n) is 11.0. The van der Waals surface area contributed by atoms with Gasteiger partial charge in [0.05, 0.1) is 11.1 Å². The number of rotatable bonds is 1. The van der Waals surface area contributed by atoms with Crippen molar-refractivity contribution in [3.05, 3.63) is 29.3 Å². The van der Waals surface area contributed by atoms with Crippen LogP contribution >= 0.6 is 21.6 Å². The fourth-order valence-electron chi connectivity index (χ4n) is 2.18. The van der Waals surface area contributed by atoms with Gasteiger partial charge in [0.15, 0.2) is 0 Å². The van der Waals surface area contributed by atoms with E-state index in [1.54, 1.807) is 38.6 Å². The van der Waals surface area contributed by atoms with Crippen molar-refractivity contribution in [2.75, 3.05) is 29.9 Å². The highest BCUT2D eigenvalue weighted by molar-refractivity contribution is 8.76. The fraction of sp³-hybridized carbons (Fsp3) is 0.308. The summed E-state index contributed by atoms with van der Waals surface area (Å²) in [4.78, 5) is 37.0. The number of carbonyl (C=O) groups excluding carboxylic acids is 3. The molecule has 0 atom stereocenters. The van der Waals surface area contributed by atoms with Gasteiger partial charge in [0.2, 0.25) is 0 Å². The lowest BCUT2D eigenvalue weighted by Gasteiger charge is -2.20. The highest BCUT2D eigenvalue weighted by Crippen LogP contribution is 2.25. The molecule has 1 aromatic carbocycles. The Labute approximate surface area is 129 Å². The molecule has 2 N–H and O–H groups in total. The molecule has 0 bridgehead atoms. The van der Waals surface area contributed by atoms with E-state index in [0.717, 1.165) is 11.5 Å². The highest BCUT2D eigenvalue weighted by Gasteiger charge is 2.27. The van der Waals surface area contributed by atoms with Crippen LogP contribution in [0.25, 0.3) is 0 Å². The molecule has 3 rings (SSSR count). The predicted molar refractivity (Wildman–Crippen MR) is 83.7 cm³/mol. The summed E-state index contributed by atoms with van der Waals surface area (Å²) in [5.41, 5.74) is 1.17. The molecule has 2 aliphatic heterocycles. The zero-order valence-corrected chi connectivity index (χ0v) is 12.7. The van der Waals surface area contributed by atoms with E-state index < -0.39 is 11.8 Å². The van der Waals surface area contributed by atoms with E-state index in [1.165, 1.54) is 6.07 Å². The third-order valence-corrected chi connectivity index (χ3v) is 5.61. The van der Waals surface area contributed by atoms with Crippen LogP contribution in [0.2, 0.25) is 0 Å². The minimum absolute atomic E-state index is 0.178. The number of hydrogen-bond acceptors (Lipinski definition) is 5. The van der Waals surface area contributed by atoms with Gasteiger partial charge < -0.3 is 10.2 Å². The summed E-state index contributed by atoms with van der Waals surface area (Å²) < 4.78 is 0. The zero-order chi connectivity index (χ0) is 14.8. The smallest absolute Gasteiger partial charge is 0.321 e. The fourth-order valence-corrected chi connectivity index (χ4v) is 4.16.